The number of anilines is 1. The summed E-state index contributed by atoms with van der Waals surface area (Å²) >= 11 is 5.02. The third-order valence-electron chi connectivity index (χ3n) is 3.24. The van der Waals surface area contributed by atoms with E-state index in [-0.39, 0.29) is 4.90 Å². The molecule has 132 valence electrons. The quantitative estimate of drug-likeness (QED) is 0.410. The van der Waals surface area contributed by atoms with Crippen LogP contribution in [0.1, 0.15) is 18.1 Å². The van der Waals surface area contributed by atoms with Crippen LogP contribution in [-0.4, -0.2) is 26.3 Å². The van der Waals surface area contributed by atoms with Gasteiger partial charge in [-0.15, -0.1) is 0 Å². The summed E-state index contributed by atoms with van der Waals surface area (Å²) in [5.74, 6) is 0. The maximum atomic E-state index is 12.5. The highest BCUT2D eigenvalue weighted by molar-refractivity contribution is 7.92. The Morgan fingerprint density at radius 3 is 2.52 bits per heavy atom. The van der Waals surface area contributed by atoms with Crippen molar-refractivity contribution in [2.45, 2.75) is 18.7 Å². The smallest absolute Gasteiger partial charge is 0.261 e. The van der Waals surface area contributed by atoms with Gasteiger partial charge in [-0.2, -0.15) is 5.10 Å². The van der Waals surface area contributed by atoms with Crippen molar-refractivity contribution in [2.24, 2.45) is 5.10 Å². The molecule has 0 amide bonds. The Labute approximate surface area is 153 Å². The average Bonchev–Trinajstić information content (AvgIpc) is 2.57. The van der Waals surface area contributed by atoms with Gasteiger partial charge in [-0.05, 0) is 44.3 Å². The number of hydrogen-bond acceptors (Lipinski definition) is 4. The van der Waals surface area contributed by atoms with Crippen molar-refractivity contribution in [1.29, 1.82) is 0 Å². The summed E-state index contributed by atoms with van der Waals surface area (Å²) in [4.78, 5) is 0.205. The maximum absolute atomic E-state index is 12.5. The Balaban J connectivity index is 2.18. The Kier molecular flexibility index (Phi) is 6.49. The number of sulfonamides is 1. The number of hydrogen-bond donors (Lipinski definition) is 3. The number of hydrazone groups is 1. The normalized spacial score (nSPS) is 11.3. The fourth-order valence-corrected chi connectivity index (χ4v) is 3.27. The molecule has 3 N–H and O–H groups in total. The van der Waals surface area contributed by atoms with E-state index in [1.54, 1.807) is 48.5 Å². The van der Waals surface area contributed by atoms with Crippen LogP contribution in [-0.2, 0) is 10.0 Å². The Morgan fingerprint density at radius 1 is 1.16 bits per heavy atom. The van der Waals surface area contributed by atoms with E-state index in [2.05, 4.69) is 20.6 Å². The van der Waals surface area contributed by atoms with Gasteiger partial charge in [0.15, 0.2) is 5.11 Å². The molecule has 0 unspecified atom stereocenters. The largest absolute Gasteiger partial charge is 0.362 e. The third kappa shape index (κ3) is 5.54. The van der Waals surface area contributed by atoms with E-state index in [1.165, 1.54) is 6.21 Å². The second-order valence-electron chi connectivity index (χ2n) is 5.24. The third-order valence-corrected chi connectivity index (χ3v) is 4.86. The highest BCUT2D eigenvalue weighted by atomic mass is 32.2. The van der Waals surface area contributed by atoms with Gasteiger partial charge in [0.25, 0.3) is 10.0 Å². The Bertz CT molecular complexity index is 862. The van der Waals surface area contributed by atoms with Crippen LogP contribution >= 0.6 is 12.2 Å². The Hall–Kier alpha value is -2.45. The van der Waals surface area contributed by atoms with Gasteiger partial charge in [-0.25, -0.2) is 8.42 Å². The molecule has 0 bridgehead atoms. The van der Waals surface area contributed by atoms with Gasteiger partial charge in [0, 0.05) is 12.1 Å². The zero-order valence-corrected chi connectivity index (χ0v) is 15.6. The lowest BCUT2D eigenvalue weighted by Gasteiger charge is -2.11. The molecule has 0 heterocycles. The molecular weight excluding hydrogens is 356 g/mol. The lowest BCUT2D eigenvalue weighted by Crippen LogP contribution is -2.31. The van der Waals surface area contributed by atoms with Gasteiger partial charge >= 0.3 is 0 Å². The first-order valence-electron chi connectivity index (χ1n) is 7.68. The first kappa shape index (κ1) is 18.9. The minimum atomic E-state index is -3.67. The summed E-state index contributed by atoms with van der Waals surface area (Å²) in [5.41, 5.74) is 4.72. The number of para-hydroxylation sites is 1. The predicted octanol–water partition coefficient (Wildman–Crippen LogP) is 2.61. The highest BCUT2D eigenvalue weighted by Gasteiger charge is 2.15. The van der Waals surface area contributed by atoms with Crippen molar-refractivity contribution in [3.8, 4) is 0 Å². The summed E-state index contributed by atoms with van der Waals surface area (Å²) in [5, 5.41) is 7.33. The molecule has 0 aromatic heterocycles. The fraction of sp³-hybridized carbons (Fsp3) is 0.176. The number of nitrogens with one attached hydrogen (secondary N) is 3. The summed E-state index contributed by atoms with van der Waals surface area (Å²) in [6, 6.07) is 13.6. The van der Waals surface area contributed by atoms with Crippen molar-refractivity contribution in [3.05, 3.63) is 59.7 Å². The van der Waals surface area contributed by atoms with Crippen LogP contribution in [0, 0.1) is 6.92 Å². The molecule has 2 aromatic carbocycles. The first-order chi connectivity index (χ1) is 11.9. The van der Waals surface area contributed by atoms with E-state index in [1.807, 2.05) is 13.8 Å². The van der Waals surface area contributed by atoms with Gasteiger partial charge < -0.3 is 5.32 Å². The second kappa shape index (κ2) is 8.59. The molecule has 0 radical (unpaired) electrons. The number of aryl methyl sites for hydroxylation is 1. The average molecular weight is 377 g/mol. The van der Waals surface area contributed by atoms with E-state index in [0.29, 0.717) is 22.9 Å². The first-order valence-corrected chi connectivity index (χ1v) is 9.57. The molecule has 0 aliphatic heterocycles. The summed E-state index contributed by atoms with van der Waals surface area (Å²) in [7, 11) is -3.67. The molecule has 2 rings (SSSR count). The molecule has 0 aliphatic carbocycles. The fourth-order valence-electron chi connectivity index (χ4n) is 1.98. The number of thiocarbonyl (C=S) groups is 1. The van der Waals surface area contributed by atoms with Gasteiger partial charge in [0.1, 0.15) is 0 Å². The van der Waals surface area contributed by atoms with E-state index in [0.717, 1.165) is 5.56 Å². The number of rotatable bonds is 6. The van der Waals surface area contributed by atoms with Crippen LogP contribution in [0.2, 0.25) is 0 Å². The van der Waals surface area contributed by atoms with E-state index in [9.17, 15) is 8.42 Å². The van der Waals surface area contributed by atoms with Gasteiger partial charge in [-0.1, -0.05) is 35.9 Å². The molecule has 25 heavy (non-hydrogen) atoms. The van der Waals surface area contributed by atoms with E-state index in [4.69, 9.17) is 12.2 Å². The number of nitrogens with zero attached hydrogens (tertiary/aromatic N) is 1. The van der Waals surface area contributed by atoms with Crippen LogP contribution in [0.4, 0.5) is 5.69 Å². The topological polar surface area (TPSA) is 82.6 Å². The van der Waals surface area contributed by atoms with Crippen LogP contribution in [0.3, 0.4) is 0 Å². The van der Waals surface area contributed by atoms with Crippen molar-refractivity contribution >= 4 is 39.3 Å². The standard InChI is InChI=1S/C17H20N4O2S2/c1-3-18-17(24)20-19-12-14-6-4-5-7-16(14)21-25(22,23)15-10-8-13(2)9-11-15/h4-12,21H,3H2,1-2H3,(H2,18,20,24). The molecule has 2 aromatic rings. The molecule has 0 fully saturated rings. The predicted molar refractivity (Wildman–Crippen MR) is 105 cm³/mol. The van der Waals surface area contributed by atoms with Crippen LogP contribution in [0.5, 0.6) is 0 Å². The lowest BCUT2D eigenvalue weighted by atomic mass is 10.2. The molecule has 8 heteroatoms. The molecule has 0 saturated heterocycles. The van der Waals surface area contributed by atoms with Crippen molar-refractivity contribution in [3.63, 3.8) is 0 Å². The molecule has 0 saturated carbocycles. The number of benzene rings is 2. The lowest BCUT2D eigenvalue weighted by molar-refractivity contribution is 0.601. The second-order valence-corrected chi connectivity index (χ2v) is 7.33. The van der Waals surface area contributed by atoms with E-state index < -0.39 is 10.0 Å². The SMILES string of the molecule is CCNC(=S)NN=Cc1ccccc1NS(=O)(=O)c1ccc(C)cc1. The summed E-state index contributed by atoms with van der Waals surface area (Å²) in [6.07, 6.45) is 1.51. The molecule has 0 atom stereocenters. The molecule has 6 nitrogen and oxygen atoms in total. The minimum Gasteiger partial charge on any atom is -0.362 e. The summed E-state index contributed by atoms with van der Waals surface area (Å²) < 4.78 is 27.7. The highest BCUT2D eigenvalue weighted by Crippen LogP contribution is 2.19. The zero-order valence-electron chi connectivity index (χ0n) is 14.0. The van der Waals surface area contributed by atoms with Gasteiger partial charge in [0.05, 0.1) is 16.8 Å². The van der Waals surface area contributed by atoms with Gasteiger partial charge in [-0.3, -0.25) is 10.1 Å². The van der Waals surface area contributed by atoms with Crippen molar-refractivity contribution in [2.75, 3.05) is 11.3 Å². The Morgan fingerprint density at radius 2 is 1.84 bits per heavy atom. The van der Waals surface area contributed by atoms with Crippen molar-refractivity contribution in [1.82, 2.24) is 10.7 Å². The van der Waals surface area contributed by atoms with E-state index >= 15 is 0 Å². The molecular formula is C17H20N4O2S2. The van der Waals surface area contributed by atoms with Crippen molar-refractivity contribution < 1.29 is 8.42 Å². The summed E-state index contributed by atoms with van der Waals surface area (Å²) in [6.45, 7) is 4.52. The minimum absolute atomic E-state index is 0.205. The van der Waals surface area contributed by atoms with Crippen LogP contribution in [0.25, 0.3) is 0 Å². The maximum Gasteiger partial charge on any atom is 0.261 e. The van der Waals surface area contributed by atoms with Crippen LogP contribution < -0.4 is 15.5 Å². The molecule has 0 spiro atoms. The van der Waals surface area contributed by atoms with Gasteiger partial charge in [0.2, 0.25) is 0 Å². The zero-order chi connectivity index (χ0) is 18.3. The molecule has 0 aliphatic rings. The van der Waals surface area contributed by atoms with Crippen LogP contribution in [0.15, 0.2) is 58.5 Å². The monoisotopic (exact) mass is 376 g/mol.